The summed E-state index contributed by atoms with van der Waals surface area (Å²) < 4.78 is 11.2. The molecule has 8 unspecified atom stereocenters. The second-order valence-electron chi connectivity index (χ2n) is 22.0. The van der Waals surface area contributed by atoms with E-state index in [0.717, 1.165) is 38.5 Å². The average Bonchev–Trinajstić information content (AvgIpc) is 3.36. The number of carbonyl (C=O) groups is 1. The summed E-state index contributed by atoms with van der Waals surface area (Å²) in [6.07, 6.45) is 50.5. The van der Waals surface area contributed by atoms with Crippen molar-refractivity contribution < 1.29 is 44.9 Å². The monoisotopic (exact) mass is 998 g/mol. The van der Waals surface area contributed by atoms with E-state index in [9.17, 15) is 35.4 Å². The van der Waals surface area contributed by atoms with Crippen molar-refractivity contribution in [3.05, 3.63) is 0 Å². The van der Waals surface area contributed by atoms with Crippen LogP contribution in [0.5, 0.6) is 0 Å². The van der Waals surface area contributed by atoms with E-state index in [1.165, 1.54) is 250 Å². The van der Waals surface area contributed by atoms with Crippen molar-refractivity contribution in [1.82, 2.24) is 5.32 Å². The number of aliphatic hydroxyl groups excluding tert-OH is 6. The van der Waals surface area contributed by atoms with E-state index < -0.39 is 61.5 Å². The maximum atomic E-state index is 13.2. The maximum absolute atomic E-state index is 13.2. The second kappa shape index (κ2) is 50.3. The van der Waals surface area contributed by atoms with Crippen LogP contribution in [0.15, 0.2) is 0 Å². The first-order chi connectivity index (χ1) is 34.3. The van der Waals surface area contributed by atoms with Gasteiger partial charge >= 0.3 is 0 Å². The number of amides is 1. The lowest BCUT2D eigenvalue weighted by molar-refractivity contribution is -0.302. The molecular weight excluding hydrogens is 879 g/mol. The lowest BCUT2D eigenvalue weighted by Crippen LogP contribution is -2.60. The molecule has 0 radical (unpaired) electrons. The van der Waals surface area contributed by atoms with Crippen molar-refractivity contribution in [3.63, 3.8) is 0 Å². The van der Waals surface area contributed by atoms with E-state index in [2.05, 4.69) is 19.2 Å². The van der Waals surface area contributed by atoms with Gasteiger partial charge in [0.05, 0.1) is 25.4 Å². The van der Waals surface area contributed by atoms with Crippen LogP contribution >= 0.6 is 0 Å². The molecule has 418 valence electrons. The van der Waals surface area contributed by atoms with Crippen LogP contribution < -0.4 is 5.32 Å². The molecule has 1 aliphatic rings. The molecule has 10 heteroatoms. The SMILES string of the molecule is CCCCCCCCCCCCCCCCCCCCCCCCCCCCCCCCCC(O)C(=O)NC(COC1OC(CO)C(O)C(O)C1O)C(O)CCCCCCCCCCCCCCCC. The third-order valence-electron chi connectivity index (χ3n) is 15.3. The fourth-order valence-corrected chi connectivity index (χ4v) is 10.3. The molecule has 1 rings (SSSR count). The molecule has 0 aliphatic carbocycles. The number of hydrogen-bond acceptors (Lipinski definition) is 9. The highest BCUT2D eigenvalue weighted by atomic mass is 16.7. The number of nitrogens with one attached hydrogen (secondary N) is 1. The Kier molecular flexibility index (Phi) is 48.3. The average molecular weight is 999 g/mol. The minimum absolute atomic E-state index is 0.249. The minimum Gasteiger partial charge on any atom is -0.394 e. The van der Waals surface area contributed by atoms with E-state index in [1.807, 2.05) is 0 Å². The minimum atomic E-state index is -1.59. The summed E-state index contributed by atoms with van der Waals surface area (Å²) in [6, 6.07) is -0.889. The van der Waals surface area contributed by atoms with Crippen molar-refractivity contribution in [2.45, 2.75) is 365 Å². The predicted octanol–water partition coefficient (Wildman–Crippen LogP) is 14.4. The topological polar surface area (TPSA) is 169 Å². The lowest BCUT2D eigenvalue weighted by Gasteiger charge is -2.40. The molecule has 1 fully saturated rings. The molecule has 0 aromatic carbocycles. The molecule has 0 saturated carbocycles. The molecule has 7 N–H and O–H groups in total. The summed E-state index contributed by atoms with van der Waals surface area (Å²) >= 11 is 0. The summed E-state index contributed by atoms with van der Waals surface area (Å²) in [5.41, 5.74) is 0. The summed E-state index contributed by atoms with van der Waals surface area (Å²) in [4.78, 5) is 13.2. The smallest absolute Gasteiger partial charge is 0.249 e. The molecule has 0 spiro atoms. The quantitative estimate of drug-likeness (QED) is 0.0293. The van der Waals surface area contributed by atoms with Crippen molar-refractivity contribution in [2.75, 3.05) is 13.2 Å². The van der Waals surface area contributed by atoms with Crippen LogP contribution in [-0.2, 0) is 14.3 Å². The zero-order valence-corrected chi connectivity index (χ0v) is 46.2. The Bertz CT molecular complexity index is 1080. The van der Waals surface area contributed by atoms with Gasteiger partial charge in [0, 0.05) is 0 Å². The molecule has 1 heterocycles. The Hall–Kier alpha value is -0.850. The van der Waals surface area contributed by atoms with Gasteiger partial charge in [-0.15, -0.1) is 0 Å². The summed E-state index contributed by atoms with van der Waals surface area (Å²) in [5.74, 6) is -0.576. The number of aliphatic hydroxyl groups is 6. The normalized spacial score (nSPS) is 19.7. The van der Waals surface area contributed by atoms with Gasteiger partial charge in [-0.1, -0.05) is 303 Å². The van der Waals surface area contributed by atoms with Gasteiger partial charge in [-0.2, -0.15) is 0 Å². The molecule has 0 aromatic heterocycles. The van der Waals surface area contributed by atoms with Crippen molar-refractivity contribution in [2.24, 2.45) is 0 Å². The summed E-state index contributed by atoms with van der Waals surface area (Å²) in [6.45, 7) is 3.71. The van der Waals surface area contributed by atoms with Crippen LogP contribution in [0.4, 0.5) is 0 Å². The standard InChI is InChI=1S/C60H119NO9/c1-3-5-7-9-11-13-15-17-19-20-21-22-23-24-25-26-27-28-29-30-31-32-33-34-35-37-39-41-43-45-47-49-54(64)59(68)61-52(51-69-60-58(67)57(66)56(65)55(50-62)70-60)53(63)48-46-44-42-40-38-36-18-16-14-12-10-8-6-4-2/h52-58,60,62-67H,3-51H2,1-2H3,(H,61,68). The summed E-state index contributed by atoms with van der Waals surface area (Å²) in [5, 5.41) is 65.2. The molecule has 1 saturated heterocycles. The molecule has 1 amide bonds. The largest absolute Gasteiger partial charge is 0.394 e. The van der Waals surface area contributed by atoms with Crippen LogP contribution in [0, 0.1) is 0 Å². The van der Waals surface area contributed by atoms with Gasteiger partial charge in [0.2, 0.25) is 5.91 Å². The van der Waals surface area contributed by atoms with Crippen LogP contribution in [0.2, 0.25) is 0 Å². The number of carbonyl (C=O) groups excluding carboxylic acids is 1. The second-order valence-corrected chi connectivity index (χ2v) is 22.0. The molecule has 1 aliphatic heterocycles. The number of rotatable bonds is 54. The molecule has 0 bridgehead atoms. The highest BCUT2D eigenvalue weighted by molar-refractivity contribution is 5.80. The van der Waals surface area contributed by atoms with E-state index in [1.54, 1.807) is 0 Å². The molecule has 0 aromatic rings. The zero-order valence-electron chi connectivity index (χ0n) is 46.2. The Morgan fingerprint density at radius 3 is 1.01 bits per heavy atom. The molecule has 10 nitrogen and oxygen atoms in total. The number of hydrogen-bond donors (Lipinski definition) is 7. The van der Waals surface area contributed by atoms with Gasteiger partial charge in [-0.25, -0.2) is 0 Å². The first kappa shape index (κ1) is 67.2. The Morgan fingerprint density at radius 2 is 0.714 bits per heavy atom. The summed E-state index contributed by atoms with van der Waals surface area (Å²) in [7, 11) is 0. The van der Waals surface area contributed by atoms with Gasteiger partial charge in [0.15, 0.2) is 6.29 Å². The number of unbranched alkanes of at least 4 members (excludes halogenated alkanes) is 43. The number of ether oxygens (including phenoxy) is 2. The van der Waals surface area contributed by atoms with Gasteiger partial charge in [-0.3, -0.25) is 4.79 Å². The fourth-order valence-electron chi connectivity index (χ4n) is 10.3. The maximum Gasteiger partial charge on any atom is 0.249 e. The van der Waals surface area contributed by atoms with Gasteiger partial charge in [0.1, 0.15) is 30.5 Å². The van der Waals surface area contributed by atoms with Crippen LogP contribution in [0.1, 0.15) is 316 Å². The van der Waals surface area contributed by atoms with Crippen molar-refractivity contribution in [1.29, 1.82) is 0 Å². The predicted molar refractivity (Wildman–Crippen MR) is 292 cm³/mol. The lowest BCUT2D eigenvalue weighted by atomic mass is 9.99. The third kappa shape index (κ3) is 38.7. The highest BCUT2D eigenvalue weighted by Gasteiger charge is 2.44. The Labute approximate surface area is 432 Å². The Morgan fingerprint density at radius 1 is 0.429 bits per heavy atom. The van der Waals surface area contributed by atoms with Gasteiger partial charge < -0.3 is 45.4 Å². The van der Waals surface area contributed by atoms with Gasteiger partial charge in [-0.05, 0) is 12.8 Å². The van der Waals surface area contributed by atoms with E-state index >= 15 is 0 Å². The van der Waals surface area contributed by atoms with E-state index in [4.69, 9.17) is 9.47 Å². The first-order valence-corrected chi connectivity index (χ1v) is 30.8. The van der Waals surface area contributed by atoms with E-state index in [0.29, 0.717) is 12.8 Å². The van der Waals surface area contributed by atoms with Crippen LogP contribution in [-0.4, -0.2) is 98.7 Å². The zero-order chi connectivity index (χ0) is 51.0. The molecule has 8 atom stereocenters. The highest BCUT2D eigenvalue weighted by Crippen LogP contribution is 2.24. The van der Waals surface area contributed by atoms with Crippen LogP contribution in [0.25, 0.3) is 0 Å². The Balaban J connectivity index is 2.12. The van der Waals surface area contributed by atoms with Gasteiger partial charge in [0.25, 0.3) is 0 Å². The molecule has 70 heavy (non-hydrogen) atoms. The molecular formula is C60H119NO9. The van der Waals surface area contributed by atoms with Crippen LogP contribution in [0.3, 0.4) is 0 Å². The van der Waals surface area contributed by atoms with Crippen molar-refractivity contribution in [3.8, 4) is 0 Å². The first-order valence-electron chi connectivity index (χ1n) is 30.8. The fraction of sp³-hybridized carbons (Fsp3) is 0.983. The van der Waals surface area contributed by atoms with E-state index in [-0.39, 0.29) is 6.61 Å². The third-order valence-corrected chi connectivity index (χ3v) is 15.3. The van der Waals surface area contributed by atoms with Crippen molar-refractivity contribution >= 4 is 5.91 Å².